The number of likely N-dealkylation sites (N-methyl/N-ethyl adjacent to an activating group) is 1. The molecule has 0 aromatic rings. The Morgan fingerprint density at radius 2 is 2.50 bits per heavy atom. The number of nitrogens with one attached hydrogen (secondary N) is 1. The first kappa shape index (κ1) is 15.4. The summed E-state index contributed by atoms with van der Waals surface area (Å²) in [5.74, 6) is 0.495. The summed E-state index contributed by atoms with van der Waals surface area (Å²) in [6, 6.07) is 0. The summed E-state index contributed by atoms with van der Waals surface area (Å²) in [6.07, 6.45) is 5.08. The van der Waals surface area contributed by atoms with Crippen LogP contribution in [0.3, 0.4) is 0 Å². The quantitative estimate of drug-likeness (QED) is 0.348. The van der Waals surface area contributed by atoms with Crippen molar-refractivity contribution in [2.75, 3.05) is 33.2 Å². The van der Waals surface area contributed by atoms with Crippen LogP contribution >= 0.6 is 24.0 Å². The Kier molecular flexibility index (Phi) is 8.28. The van der Waals surface area contributed by atoms with Gasteiger partial charge in [0.2, 0.25) is 0 Å². The predicted molar refractivity (Wildman–Crippen MR) is 80.3 cm³/mol. The smallest absolute Gasteiger partial charge is 0.189 e. The zero-order valence-electron chi connectivity index (χ0n) is 9.78. The maximum absolute atomic E-state index is 5.66. The van der Waals surface area contributed by atoms with E-state index in [1.165, 1.54) is 5.57 Å². The van der Waals surface area contributed by atoms with E-state index in [1.807, 2.05) is 0 Å². The van der Waals surface area contributed by atoms with Gasteiger partial charge in [0, 0.05) is 19.6 Å². The van der Waals surface area contributed by atoms with Crippen LogP contribution in [0.25, 0.3) is 0 Å². The molecule has 1 rings (SSSR count). The summed E-state index contributed by atoms with van der Waals surface area (Å²) in [5, 5.41) is 2.95. The van der Waals surface area contributed by atoms with Crippen molar-refractivity contribution in [3.8, 4) is 0 Å². The molecule has 5 heteroatoms. The normalized spacial score (nSPS) is 17.3. The first-order valence-electron chi connectivity index (χ1n) is 5.23. The molecule has 0 aliphatic carbocycles. The second-order valence-corrected chi connectivity index (χ2v) is 3.75. The van der Waals surface area contributed by atoms with Gasteiger partial charge in [-0.25, -0.2) is 4.99 Å². The van der Waals surface area contributed by atoms with Gasteiger partial charge in [-0.3, -0.25) is 0 Å². The summed E-state index contributed by atoms with van der Waals surface area (Å²) >= 11 is 0. The molecule has 0 radical (unpaired) electrons. The van der Waals surface area contributed by atoms with Crippen LogP contribution in [0.5, 0.6) is 0 Å². The van der Waals surface area contributed by atoms with Crippen molar-refractivity contribution in [3.63, 3.8) is 0 Å². The molecule has 0 saturated heterocycles. The lowest BCUT2D eigenvalue weighted by Gasteiger charge is -2.21. The van der Waals surface area contributed by atoms with E-state index in [1.54, 1.807) is 6.08 Å². The monoisotopic (exact) mass is 336 g/mol. The molecule has 0 aromatic heterocycles. The number of nitrogens with zero attached hydrogens (tertiary/aromatic N) is 2. The third-order valence-corrected chi connectivity index (χ3v) is 2.39. The van der Waals surface area contributed by atoms with Crippen molar-refractivity contribution < 1.29 is 0 Å². The van der Waals surface area contributed by atoms with E-state index < -0.39 is 0 Å². The molecule has 0 bridgehead atoms. The minimum absolute atomic E-state index is 0. The standard InChI is InChI=1S/C11H20N4.HI/c1-3-6-13-11(12)14-9-10-4-7-15(2)8-5-10;/h3-4H,1,5-9H2,2H3,(H3,12,13,14);1H. The molecule has 1 aliphatic heterocycles. The highest BCUT2D eigenvalue weighted by atomic mass is 127. The van der Waals surface area contributed by atoms with Gasteiger partial charge >= 0.3 is 0 Å². The minimum atomic E-state index is 0. The molecule has 0 atom stereocenters. The average Bonchev–Trinajstić information content (AvgIpc) is 2.25. The molecule has 3 N–H and O–H groups in total. The SMILES string of the molecule is C=CCNC(N)=NCC1=CCN(C)CC1.I. The van der Waals surface area contributed by atoms with Crippen molar-refractivity contribution in [2.45, 2.75) is 6.42 Å². The van der Waals surface area contributed by atoms with Gasteiger partial charge in [0.1, 0.15) is 0 Å². The average molecular weight is 336 g/mol. The Morgan fingerprint density at radius 3 is 3.06 bits per heavy atom. The summed E-state index contributed by atoms with van der Waals surface area (Å²) in [7, 11) is 2.12. The van der Waals surface area contributed by atoms with Crippen molar-refractivity contribution in [1.82, 2.24) is 10.2 Å². The zero-order chi connectivity index (χ0) is 11.1. The van der Waals surface area contributed by atoms with Crippen molar-refractivity contribution in [2.24, 2.45) is 10.7 Å². The van der Waals surface area contributed by atoms with Crippen LogP contribution in [0, 0.1) is 0 Å². The van der Waals surface area contributed by atoms with E-state index in [4.69, 9.17) is 5.73 Å². The first-order chi connectivity index (χ1) is 7.22. The summed E-state index contributed by atoms with van der Waals surface area (Å²) in [6.45, 7) is 7.11. The Morgan fingerprint density at radius 1 is 1.75 bits per heavy atom. The van der Waals surface area contributed by atoms with Crippen LogP contribution in [-0.4, -0.2) is 44.1 Å². The van der Waals surface area contributed by atoms with Crippen molar-refractivity contribution in [3.05, 3.63) is 24.3 Å². The number of guanidine groups is 1. The molecule has 4 nitrogen and oxygen atoms in total. The number of rotatable bonds is 4. The van der Waals surface area contributed by atoms with Gasteiger partial charge in [-0.2, -0.15) is 0 Å². The van der Waals surface area contributed by atoms with Crippen molar-refractivity contribution >= 4 is 29.9 Å². The van der Waals surface area contributed by atoms with Gasteiger partial charge in [0.15, 0.2) is 5.96 Å². The van der Waals surface area contributed by atoms with Crippen LogP contribution in [0.4, 0.5) is 0 Å². The summed E-state index contributed by atoms with van der Waals surface area (Å²) in [4.78, 5) is 6.54. The predicted octanol–water partition coefficient (Wildman–Crippen LogP) is 0.957. The summed E-state index contributed by atoms with van der Waals surface area (Å²) < 4.78 is 0. The lowest BCUT2D eigenvalue weighted by molar-refractivity contribution is 0.358. The van der Waals surface area contributed by atoms with Crippen LogP contribution in [0.2, 0.25) is 0 Å². The second kappa shape index (κ2) is 8.58. The van der Waals surface area contributed by atoms with E-state index in [0.29, 0.717) is 19.0 Å². The van der Waals surface area contributed by atoms with Gasteiger partial charge in [-0.1, -0.05) is 17.7 Å². The molecule has 0 aromatic carbocycles. The lowest BCUT2D eigenvalue weighted by atomic mass is 10.1. The van der Waals surface area contributed by atoms with Gasteiger partial charge in [0.05, 0.1) is 6.54 Å². The number of halogens is 1. The van der Waals surface area contributed by atoms with Gasteiger partial charge in [0.25, 0.3) is 0 Å². The van der Waals surface area contributed by atoms with Gasteiger partial charge < -0.3 is 16.0 Å². The highest BCUT2D eigenvalue weighted by Crippen LogP contribution is 2.08. The Labute approximate surface area is 115 Å². The highest BCUT2D eigenvalue weighted by molar-refractivity contribution is 14.0. The fourth-order valence-corrected chi connectivity index (χ4v) is 1.38. The Hall–Kier alpha value is -0.560. The Bertz CT molecular complexity index is 273. The summed E-state index contributed by atoms with van der Waals surface area (Å²) in [5.41, 5.74) is 7.03. The minimum Gasteiger partial charge on any atom is -0.370 e. The van der Waals surface area contributed by atoms with Crippen molar-refractivity contribution in [1.29, 1.82) is 0 Å². The van der Waals surface area contributed by atoms with Crippen LogP contribution in [-0.2, 0) is 0 Å². The second-order valence-electron chi connectivity index (χ2n) is 3.75. The fraction of sp³-hybridized carbons (Fsp3) is 0.545. The topological polar surface area (TPSA) is 53.6 Å². The molecule has 0 fully saturated rings. The first-order valence-corrected chi connectivity index (χ1v) is 5.23. The van der Waals surface area contributed by atoms with E-state index in [0.717, 1.165) is 19.5 Å². The van der Waals surface area contributed by atoms with E-state index in [9.17, 15) is 0 Å². The van der Waals surface area contributed by atoms with Gasteiger partial charge in [-0.15, -0.1) is 30.6 Å². The molecule has 0 spiro atoms. The molecule has 0 saturated carbocycles. The number of nitrogens with two attached hydrogens (primary N) is 1. The molecule has 0 unspecified atom stereocenters. The van der Waals surface area contributed by atoms with Crippen LogP contribution < -0.4 is 11.1 Å². The van der Waals surface area contributed by atoms with Gasteiger partial charge in [-0.05, 0) is 13.5 Å². The highest BCUT2D eigenvalue weighted by Gasteiger charge is 2.06. The molecule has 92 valence electrons. The fourth-order valence-electron chi connectivity index (χ4n) is 1.38. The maximum atomic E-state index is 5.66. The number of hydrogen-bond acceptors (Lipinski definition) is 2. The molecular formula is C11H21IN4. The molecule has 1 aliphatic rings. The van der Waals surface area contributed by atoms with E-state index in [2.05, 4.69) is 34.9 Å². The molecule has 0 amide bonds. The third-order valence-electron chi connectivity index (χ3n) is 2.39. The molecular weight excluding hydrogens is 315 g/mol. The third kappa shape index (κ3) is 6.12. The van der Waals surface area contributed by atoms with Crippen LogP contribution in [0.1, 0.15) is 6.42 Å². The maximum Gasteiger partial charge on any atom is 0.189 e. The largest absolute Gasteiger partial charge is 0.370 e. The number of hydrogen-bond donors (Lipinski definition) is 2. The Balaban J connectivity index is 0.00000225. The molecule has 16 heavy (non-hydrogen) atoms. The number of aliphatic imine (C=N–C) groups is 1. The zero-order valence-corrected chi connectivity index (χ0v) is 12.1. The lowest BCUT2D eigenvalue weighted by Crippen LogP contribution is -2.32. The van der Waals surface area contributed by atoms with E-state index in [-0.39, 0.29) is 24.0 Å². The van der Waals surface area contributed by atoms with Crippen LogP contribution in [0.15, 0.2) is 29.3 Å². The van der Waals surface area contributed by atoms with E-state index >= 15 is 0 Å². The molecule has 1 heterocycles.